The molecule has 0 aromatic heterocycles. The van der Waals surface area contributed by atoms with Gasteiger partial charge in [0.15, 0.2) is 0 Å². The number of likely N-dealkylation sites (N-methyl/N-ethyl adjacent to an activating group) is 1. The van der Waals surface area contributed by atoms with Gasteiger partial charge in [0.2, 0.25) is 0 Å². The number of methoxy groups -OCH3 is 1. The molecule has 146 valence electrons. The van der Waals surface area contributed by atoms with Crippen molar-refractivity contribution in [2.45, 2.75) is 40.2 Å². The lowest BCUT2D eigenvalue weighted by molar-refractivity contribution is 0.0601. The van der Waals surface area contributed by atoms with Crippen molar-refractivity contribution in [1.82, 2.24) is 0 Å². The third-order valence-electron chi connectivity index (χ3n) is 5.30. The van der Waals surface area contributed by atoms with Gasteiger partial charge in [-0.25, -0.2) is 4.79 Å². The zero-order valence-corrected chi connectivity index (χ0v) is 17.5. The van der Waals surface area contributed by atoms with Crippen LogP contribution in [-0.2, 0) is 4.74 Å². The van der Waals surface area contributed by atoms with E-state index in [1.165, 1.54) is 23.9 Å². The first-order valence-corrected chi connectivity index (χ1v) is 9.61. The molecule has 28 heavy (non-hydrogen) atoms. The van der Waals surface area contributed by atoms with Crippen molar-refractivity contribution in [3.8, 4) is 0 Å². The summed E-state index contributed by atoms with van der Waals surface area (Å²) in [6, 6.07) is 11.9. The second kappa shape index (κ2) is 7.63. The Morgan fingerprint density at radius 2 is 1.93 bits per heavy atom. The lowest BCUT2D eigenvalue weighted by Crippen LogP contribution is -2.44. The van der Waals surface area contributed by atoms with Crippen molar-refractivity contribution in [3.63, 3.8) is 0 Å². The molecular weight excluding hydrogens is 348 g/mol. The van der Waals surface area contributed by atoms with Crippen LogP contribution < -0.4 is 4.90 Å². The van der Waals surface area contributed by atoms with Gasteiger partial charge in [0.1, 0.15) is 0 Å². The number of anilines is 1. The number of allylic oxidation sites excluding steroid dienone is 1. The number of hydrogen-bond acceptors (Lipinski definition) is 4. The number of aliphatic imine (C=N–C) groups is 1. The molecule has 2 aromatic carbocycles. The Morgan fingerprint density at radius 3 is 2.61 bits per heavy atom. The van der Waals surface area contributed by atoms with E-state index < -0.39 is 0 Å². The second-order valence-electron chi connectivity index (χ2n) is 7.75. The van der Waals surface area contributed by atoms with Crippen molar-refractivity contribution in [3.05, 3.63) is 64.7 Å². The minimum absolute atomic E-state index is 0.00682. The summed E-state index contributed by atoms with van der Waals surface area (Å²) in [6.45, 7) is 11.8. The minimum Gasteiger partial charge on any atom is -0.465 e. The third kappa shape index (κ3) is 3.72. The van der Waals surface area contributed by atoms with Crippen LogP contribution in [0.5, 0.6) is 0 Å². The third-order valence-corrected chi connectivity index (χ3v) is 5.30. The number of ether oxygens (including phenoxy) is 1. The van der Waals surface area contributed by atoms with E-state index in [1.807, 2.05) is 19.2 Å². The summed E-state index contributed by atoms with van der Waals surface area (Å²) in [6.07, 6.45) is 4.18. The summed E-state index contributed by atoms with van der Waals surface area (Å²) in [5.41, 5.74) is 7.10. The monoisotopic (exact) mass is 376 g/mol. The van der Waals surface area contributed by atoms with E-state index in [4.69, 9.17) is 4.74 Å². The molecule has 0 saturated heterocycles. The van der Waals surface area contributed by atoms with Gasteiger partial charge in [-0.05, 0) is 75.6 Å². The van der Waals surface area contributed by atoms with Gasteiger partial charge in [-0.3, -0.25) is 4.99 Å². The molecule has 3 rings (SSSR count). The van der Waals surface area contributed by atoms with Gasteiger partial charge in [-0.1, -0.05) is 18.2 Å². The van der Waals surface area contributed by atoms with Crippen LogP contribution in [0.15, 0.2) is 47.5 Å². The van der Waals surface area contributed by atoms with E-state index in [2.05, 4.69) is 61.9 Å². The molecule has 4 heteroatoms. The van der Waals surface area contributed by atoms with E-state index in [1.54, 1.807) is 12.1 Å². The highest BCUT2D eigenvalue weighted by Crippen LogP contribution is 2.38. The fraction of sp³-hybridized carbons (Fsp3) is 0.333. The normalized spacial score (nSPS) is 15.4. The fourth-order valence-electron chi connectivity index (χ4n) is 3.90. The number of hydrogen-bond donors (Lipinski definition) is 0. The smallest absolute Gasteiger partial charge is 0.337 e. The summed E-state index contributed by atoms with van der Waals surface area (Å²) in [4.78, 5) is 18.8. The Balaban J connectivity index is 1.95. The Hall–Kier alpha value is -2.88. The fourth-order valence-corrected chi connectivity index (χ4v) is 3.90. The van der Waals surface area contributed by atoms with Gasteiger partial charge in [-0.15, -0.1) is 0 Å². The SMILES string of the molecule is CCN1c2ccc(C=Nc3cc(C(=O)OC)ccc3C)cc2C(C)=CC1(C)C. The zero-order chi connectivity index (χ0) is 20.5. The van der Waals surface area contributed by atoms with Crippen molar-refractivity contribution in [1.29, 1.82) is 0 Å². The average molecular weight is 377 g/mol. The maximum absolute atomic E-state index is 11.8. The highest BCUT2D eigenvalue weighted by Gasteiger charge is 2.29. The number of carbonyl (C=O) groups excluding carboxylic acids is 1. The Bertz CT molecular complexity index is 971. The molecule has 1 heterocycles. The molecule has 1 aliphatic rings. The van der Waals surface area contributed by atoms with Gasteiger partial charge in [0, 0.05) is 24.0 Å². The van der Waals surface area contributed by atoms with E-state index >= 15 is 0 Å². The summed E-state index contributed by atoms with van der Waals surface area (Å²) >= 11 is 0. The Kier molecular flexibility index (Phi) is 5.41. The van der Waals surface area contributed by atoms with E-state index in [-0.39, 0.29) is 11.5 Å². The van der Waals surface area contributed by atoms with Gasteiger partial charge in [0.25, 0.3) is 0 Å². The highest BCUT2D eigenvalue weighted by atomic mass is 16.5. The quantitative estimate of drug-likeness (QED) is 0.519. The lowest BCUT2D eigenvalue weighted by atomic mass is 9.88. The van der Waals surface area contributed by atoms with Crippen LogP contribution in [0.3, 0.4) is 0 Å². The summed E-state index contributed by atoms with van der Waals surface area (Å²) < 4.78 is 4.80. The van der Waals surface area contributed by atoms with Crippen LogP contribution in [0.1, 0.15) is 54.7 Å². The van der Waals surface area contributed by atoms with Crippen molar-refractivity contribution in [2.24, 2.45) is 4.99 Å². The molecule has 1 aliphatic heterocycles. The maximum atomic E-state index is 11.8. The molecule has 2 aromatic rings. The average Bonchev–Trinajstić information content (AvgIpc) is 2.66. The number of benzene rings is 2. The molecule has 0 aliphatic carbocycles. The number of carbonyl (C=O) groups is 1. The number of rotatable bonds is 4. The minimum atomic E-state index is -0.353. The molecule has 0 radical (unpaired) electrons. The van der Waals surface area contributed by atoms with Gasteiger partial charge >= 0.3 is 5.97 Å². The van der Waals surface area contributed by atoms with E-state index in [0.717, 1.165) is 23.4 Å². The van der Waals surface area contributed by atoms with Crippen LogP contribution in [0, 0.1) is 6.92 Å². The molecule has 0 saturated carbocycles. The first-order valence-electron chi connectivity index (χ1n) is 9.61. The summed E-state index contributed by atoms with van der Waals surface area (Å²) in [5.74, 6) is -0.353. The summed E-state index contributed by atoms with van der Waals surface area (Å²) in [7, 11) is 1.38. The van der Waals surface area contributed by atoms with Crippen molar-refractivity contribution in [2.75, 3.05) is 18.6 Å². The molecule has 4 nitrogen and oxygen atoms in total. The first kappa shape index (κ1) is 19.9. The number of esters is 1. The second-order valence-corrected chi connectivity index (χ2v) is 7.75. The van der Waals surface area contributed by atoms with Crippen LogP contribution >= 0.6 is 0 Å². The Labute approximate surface area is 167 Å². The predicted octanol–water partition coefficient (Wildman–Crippen LogP) is 5.55. The molecule has 0 amide bonds. The number of fused-ring (bicyclic) bond motifs is 1. The summed E-state index contributed by atoms with van der Waals surface area (Å²) in [5, 5.41) is 0. The molecule has 0 N–H and O–H groups in total. The molecule has 0 atom stereocenters. The molecule has 0 unspecified atom stereocenters. The standard InChI is InChI=1S/C24H28N2O2/c1-7-26-22-11-9-18(12-20(22)17(3)14-24(26,4)5)15-25-21-13-19(23(27)28-6)10-8-16(21)2/h8-15H,7H2,1-6H3. The van der Waals surface area contributed by atoms with Crippen LogP contribution in [0.25, 0.3) is 5.57 Å². The molecular formula is C24H28N2O2. The molecule has 0 fully saturated rings. The van der Waals surface area contributed by atoms with E-state index in [9.17, 15) is 4.79 Å². The van der Waals surface area contributed by atoms with Crippen LogP contribution in [-0.4, -0.2) is 31.4 Å². The predicted molar refractivity (Wildman–Crippen MR) is 117 cm³/mol. The van der Waals surface area contributed by atoms with Crippen molar-refractivity contribution >= 4 is 29.1 Å². The first-order chi connectivity index (χ1) is 13.3. The maximum Gasteiger partial charge on any atom is 0.337 e. The zero-order valence-electron chi connectivity index (χ0n) is 17.5. The topological polar surface area (TPSA) is 41.9 Å². The lowest BCUT2D eigenvalue weighted by Gasteiger charge is -2.42. The van der Waals surface area contributed by atoms with Crippen LogP contribution in [0.4, 0.5) is 11.4 Å². The largest absolute Gasteiger partial charge is 0.465 e. The Morgan fingerprint density at radius 1 is 1.18 bits per heavy atom. The molecule has 0 spiro atoms. The molecule has 0 bridgehead atoms. The number of nitrogens with zero attached hydrogens (tertiary/aromatic N) is 2. The van der Waals surface area contributed by atoms with Gasteiger partial charge < -0.3 is 9.64 Å². The van der Waals surface area contributed by atoms with Crippen LogP contribution in [0.2, 0.25) is 0 Å². The van der Waals surface area contributed by atoms with Crippen molar-refractivity contribution < 1.29 is 9.53 Å². The van der Waals surface area contributed by atoms with Gasteiger partial charge in [0.05, 0.1) is 23.9 Å². The van der Waals surface area contributed by atoms with Gasteiger partial charge in [-0.2, -0.15) is 0 Å². The highest BCUT2D eigenvalue weighted by molar-refractivity contribution is 5.92. The van der Waals surface area contributed by atoms with E-state index in [0.29, 0.717) is 5.56 Å². The number of aryl methyl sites for hydroxylation is 1.